The predicted octanol–water partition coefficient (Wildman–Crippen LogP) is 3.41. The maximum Gasteiger partial charge on any atom is 0.278 e. The van der Waals surface area contributed by atoms with Crippen molar-refractivity contribution in [3.05, 3.63) is 71.5 Å². The molecule has 0 saturated carbocycles. The first-order valence-corrected chi connectivity index (χ1v) is 7.57. The third-order valence-corrected chi connectivity index (χ3v) is 3.33. The first-order chi connectivity index (χ1) is 11.1. The molecule has 5 heteroatoms. The molecule has 0 aliphatic carbocycles. The Morgan fingerprint density at radius 2 is 1.65 bits per heavy atom. The van der Waals surface area contributed by atoms with Crippen molar-refractivity contribution in [3.8, 4) is 0 Å². The summed E-state index contributed by atoms with van der Waals surface area (Å²) >= 11 is 0. The number of hydrogen-bond acceptors (Lipinski definition) is 3. The molecule has 0 aliphatic rings. The number of hydrogen-bond donors (Lipinski definition) is 1. The zero-order valence-corrected chi connectivity index (χ0v) is 13.0. The van der Waals surface area contributed by atoms with Crippen LogP contribution in [-0.4, -0.2) is 23.4 Å². The summed E-state index contributed by atoms with van der Waals surface area (Å²) in [5, 5.41) is 0.892. The maximum absolute atomic E-state index is 13.9. The van der Waals surface area contributed by atoms with E-state index in [1.165, 1.54) is 18.2 Å². The van der Waals surface area contributed by atoms with Crippen LogP contribution in [0, 0.1) is 5.82 Å². The van der Waals surface area contributed by atoms with Gasteiger partial charge in [-0.05, 0) is 30.7 Å². The van der Waals surface area contributed by atoms with Gasteiger partial charge >= 0.3 is 0 Å². The predicted molar refractivity (Wildman–Crippen MR) is 86.3 cm³/mol. The van der Waals surface area contributed by atoms with Crippen LogP contribution in [0.1, 0.15) is 40.5 Å². The van der Waals surface area contributed by atoms with E-state index in [0.29, 0.717) is 12.1 Å². The third kappa shape index (κ3) is 4.23. The number of nitrogens with one attached hydrogen (secondary N) is 1. The molecule has 0 aromatic heterocycles. The van der Waals surface area contributed by atoms with Gasteiger partial charge in [-0.2, -0.15) is 0 Å². The quantitative estimate of drug-likeness (QED) is 0.505. The lowest BCUT2D eigenvalue weighted by Crippen LogP contribution is -2.47. The van der Waals surface area contributed by atoms with Crippen molar-refractivity contribution in [2.75, 3.05) is 6.54 Å². The summed E-state index contributed by atoms with van der Waals surface area (Å²) in [4.78, 5) is 25.2. The van der Waals surface area contributed by atoms with Crippen molar-refractivity contribution in [2.45, 2.75) is 19.8 Å². The van der Waals surface area contributed by atoms with Crippen LogP contribution in [0.3, 0.4) is 0 Å². The molecule has 0 bridgehead atoms. The molecule has 0 aliphatic heterocycles. The van der Waals surface area contributed by atoms with E-state index in [2.05, 4.69) is 5.43 Å². The van der Waals surface area contributed by atoms with E-state index in [1.54, 1.807) is 36.4 Å². The second-order valence-corrected chi connectivity index (χ2v) is 5.05. The monoisotopic (exact) mass is 314 g/mol. The summed E-state index contributed by atoms with van der Waals surface area (Å²) in [5.41, 5.74) is 3.04. The number of hydrazine groups is 1. The molecule has 0 heterocycles. The SMILES string of the molecule is CCCCNN(C(=O)c1ccccc1)C(=O)c1ccccc1F. The largest absolute Gasteiger partial charge is 0.278 e. The van der Waals surface area contributed by atoms with E-state index < -0.39 is 17.6 Å². The molecular formula is C18H19FN2O2. The second kappa shape index (κ2) is 8.19. The van der Waals surface area contributed by atoms with Crippen molar-refractivity contribution in [1.29, 1.82) is 0 Å². The van der Waals surface area contributed by atoms with E-state index >= 15 is 0 Å². The molecule has 0 fully saturated rings. The van der Waals surface area contributed by atoms with Gasteiger partial charge in [0.1, 0.15) is 5.82 Å². The molecule has 0 unspecified atom stereocenters. The van der Waals surface area contributed by atoms with Gasteiger partial charge in [-0.15, -0.1) is 0 Å². The van der Waals surface area contributed by atoms with Crippen molar-refractivity contribution in [2.24, 2.45) is 0 Å². The van der Waals surface area contributed by atoms with E-state index in [-0.39, 0.29) is 5.56 Å². The fraction of sp³-hybridized carbons (Fsp3) is 0.222. The minimum atomic E-state index is -0.701. The number of imide groups is 1. The molecular weight excluding hydrogens is 295 g/mol. The maximum atomic E-state index is 13.9. The van der Waals surface area contributed by atoms with Crippen LogP contribution in [-0.2, 0) is 0 Å². The molecule has 120 valence electrons. The summed E-state index contributed by atoms with van der Waals surface area (Å²) in [7, 11) is 0. The lowest BCUT2D eigenvalue weighted by molar-refractivity contribution is 0.0523. The number of benzene rings is 2. The Bertz CT molecular complexity index is 674. The van der Waals surface area contributed by atoms with Crippen LogP contribution < -0.4 is 5.43 Å². The highest BCUT2D eigenvalue weighted by molar-refractivity contribution is 6.09. The molecule has 4 nitrogen and oxygen atoms in total. The molecule has 1 N–H and O–H groups in total. The van der Waals surface area contributed by atoms with Crippen molar-refractivity contribution < 1.29 is 14.0 Å². The average Bonchev–Trinajstić information content (AvgIpc) is 2.59. The molecule has 0 saturated heterocycles. The summed E-state index contributed by atoms with van der Waals surface area (Å²) < 4.78 is 13.9. The first kappa shape index (κ1) is 16.8. The van der Waals surface area contributed by atoms with Crippen LogP contribution in [0.5, 0.6) is 0 Å². The fourth-order valence-corrected chi connectivity index (χ4v) is 2.07. The summed E-state index contributed by atoms with van der Waals surface area (Å²) in [6.07, 6.45) is 1.71. The van der Waals surface area contributed by atoms with Crippen LogP contribution in [0.15, 0.2) is 54.6 Å². The van der Waals surface area contributed by atoms with Gasteiger partial charge in [0.15, 0.2) is 0 Å². The van der Waals surface area contributed by atoms with Crippen molar-refractivity contribution in [1.82, 2.24) is 10.4 Å². The van der Waals surface area contributed by atoms with E-state index in [1.807, 2.05) is 6.92 Å². The molecule has 23 heavy (non-hydrogen) atoms. The minimum absolute atomic E-state index is 0.138. The number of rotatable bonds is 6. The van der Waals surface area contributed by atoms with Gasteiger partial charge < -0.3 is 0 Å². The highest BCUT2D eigenvalue weighted by Gasteiger charge is 2.25. The Labute approximate surface area is 134 Å². The van der Waals surface area contributed by atoms with Gasteiger partial charge in [0, 0.05) is 12.1 Å². The van der Waals surface area contributed by atoms with E-state index in [0.717, 1.165) is 17.9 Å². The summed E-state index contributed by atoms with van der Waals surface area (Å²) in [6.45, 7) is 2.46. The molecule has 2 amide bonds. The Morgan fingerprint density at radius 1 is 1.00 bits per heavy atom. The average molecular weight is 314 g/mol. The summed E-state index contributed by atoms with van der Waals surface area (Å²) in [6, 6.07) is 14.1. The molecule has 2 aromatic rings. The standard InChI is InChI=1S/C18H19FN2O2/c1-2-3-13-20-21(17(22)14-9-5-4-6-10-14)18(23)15-11-7-8-12-16(15)19/h4-12,20H,2-3,13H2,1H3. The highest BCUT2D eigenvalue weighted by Crippen LogP contribution is 2.12. The molecule has 0 radical (unpaired) electrons. The first-order valence-electron chi connectivity index (χ1n) is 7.57. The van der Waals surface area contributed by atoms with E-state index in [4.69, 9.17) is 0 Å². The second-order valence-electron chi connectivity index (χ2n) is 5.05. The van der Waals surface area contributed by atoms with Crippen molar-refractivity contribution in [3.63, 3.8) is 0 Å². The van der Waals surface area contributed by atoms with Crippen LogP contribution >= 0.6 is 0 Å². The van der Waals surface area contributed by atoms with Crippen LogP contribution in [0.25, 0.3) is 0 Å². The number of carbonyl (C=O) groups excluding carboxylic acids is 2. The number of halogens is 1. The molecule has 2 aromatic carbocycles. The van der Waals surface area contributed by atoms with Gasteiger partial charge in [-0.1, -0.05) is 43.7 Å². The van der Waals surface area contributed by atoms with Gasteiger partial charge in [0.25, 0.3) is 11.8 Å². The lowest BCUT2D eigenvalue weighted by Gasteiger charge is -2.22. The van der Waals surface area contributed by atoms with Gasteiger partial charge in [-0.3, -0.25) is 9.59 Å². The van der Waals surface area contributed by atoms with Gasteiger partial charge in [0.2, 0.25) is 0 Å². The lowest BCUT2D eigenvalue weighted by atomic mass is 10.1. The van der Waals surface area contributed by atoms with Gasteiger partial charge in [-0.25, -0.2) is 14.8 Å². The number of amides is 2. The number of carbonyl (C=O) groups is 2. The fourth-order valence-electron chi connectivity index (χ4n) is 2.07. The van der Waals surface area contributed by atoms with Crippen LogP contribution in [0.4, 0.5) is 4.39 Å². The molecule has 0 spiro atoms. The number of nitrogens with zero attached hydrogens (tertiary/aromatic N) is 1. The Kier molecular flexibility index (Phi) is 6.00. The normalized spacial score (nSPS) is 10.3. The Morgan fingerprint density at radius 3 is 2.30 bits per heavy atom. The van der Waals surface area contributed by atoms with Crippen molar-refractivity contribution >= 4 is 11.8 Å². The molecule has 2 rings (SSSR count). The van der Waals surface area contributed by atoms with E-state index in [9.17, 15) is 14.0 Å². The zero-order chi connectivity index (χ0) is 16.7. The summed E-state index contributed by atoms with van der Waals surface area (Å²) in [5.74, 6) is -1.86. The molecule has 0 atom stereocenters. The smallest absolute Gasteiger partial charge is 0.267 e. The third-order valence-electron chi connectivity index (χ3n) is 3.33. The number of unbranched alkanes of at least 4 members (excludes halogenated alkanes) is 1. The Balaban J connectivity index is 2.28. The highest BCUT2D eigenvalue weighted by atomic mass is 19.1. The minimum Gasteiger partial charge on any atom is -0.267 e. The van der Waals surface area contributed by atoms with Gasteiger partial charge in [0.05, 0.1) is 5.56 Å². The Hall–Kier alpha value is -2.53. The topological polar surface area (TPSA) is 49.4 Å². The van der Waals surface area contributed by atoms with Crippen LogP contribution in [0.2, 0.25) is 0 Å². The zero-order valence-electron chi connectivity index (χ0n) is 13.0.